The Morgan fingerprint density at radius 1 is 1.35 bits per heavy atom. The molecule has 2 amide bonds. The van der Waals surface area contributed by atoms with Crippen LogP contribution in [0.25, 0.3) is 0 Å². The summed E-state index contributed by atoms with van der Waals surface area (Å²) in [4.78, 5) is 36.5. The van der Waals surface area contributed by atoms with Crippen LogP contribution in [0.1, 0.15) is 25.3 Å². The first-order valence-electron chi connectivity index (χ1n) is 7.45. The first-order chi connectivity index (χ1) is 11.0. The summed E-state index contributed by atoms with van der Waals surface area (Å²) in [5.41, 5.74) is 0.737. The lowest BCUT2D eigenvalue weighted by Gasteiger charge is -2.17. The zero-order chi connectivity index (χ0) is 16.8. The molecule has 124 valence electrons. The molecule has 7 heteroatoms. The first kappa shape index (κ1) is 16.9. The summed E-state index contributed by atoms with van der Waals surface area (Å²) in [6.45, 7) is 2.09. The zero-order valence-electron chi connectivity index (χ0n) is 12.9. The number of benzene rings is 1. The molecule has 2 rings (SSSR count). The molecule has 0 saturated carbocycles. The molecule has 1 aromatic carbocycles. The Morgan fingerprint density at radius 2 is 2.04 bits per heavy atom. The van der Waals surface area contributed by atoms with Gasteiger partial charge in [0.05, 0.1) is 0 Å². The summed E-state index contributed by atoms with van der Waals surface area (Å²) in [6, 6.07) is 5.73. The van der Waals surface area contributed by atoms with E-state index in [9.17, 15) is 18.8 Å². The van der Waals surface area contributed by atoms with Gasteiger partial charge in [-0.1, -0.05) is 12.1 Å². The SMILES string of the molecule is C[C@H](OC(=O)CN1CCCC1=O)C(=O)NCc1ccc(F)cc1. The molecule has 1 aliphatic heterocycles. The fourth-order valence-electron chi connectivity index (χ4n) is 2.25. The minimum atomic E-state index is -0.958. The maximum atomic E-state index is 12.8. The third kappa shape index (κ3) is 5.05. The number of likely N-dealkylation sites (tertiary alicyclic amines) is 1. The van der Waals surface area contributed by atoms with E-state index in [0.717, 1.165) is 12.0 Å². The molecular formula is C16H19FN2O4. The predicted molar refractivity (Wildman–Crippen MR) is 79.6 cm³/mol. The molecule has 0 bridgehead atoms. The highest BCUT2D eigenvalue weighted by molar-refractivity contribution is 5.86. The average molecular weight is 322 g/mol. The quantitative estimate of drug-likeness (QED) is 0.793. The van der Waals surface area contributed by atoms with Crippen molar-refractivity contribution >= 4 is 17.8 Å². The van der Waals surface area contributed by atoms with Crippen LogP contribution in [0.3, 0.4) is 0 Å². The third-order valence-corrected chi connectivity index (χ3v) is 3.55. The molecule has 0 radical (unpaired) electrons. The molecule has 0 aliphatic carbocycles. The second-order valence-electron chi connectivity index (χ2n) is 5.40. The first-order valence-corrected chi connectivity index (χ1v) is 7.45. The standard InChI is InChI=1S/C16H19FN2O4/c1-11(23-15(21)10-19-8-2-3-14(19)20)16(22)18-9-12-4-6-13(17)7-5-12/h4-7,11H,2-3,8-10H2,1H3,(H,18,22)/t11-/m0/s1. The van der Waals surface area contributed by atoms with Crippen LogP contribution in [-0.4, -0.2) is 41.9 Å². The second kappa shape index (κ2) is 7.71. The van der Waals surface area contributed by atoms with Crippen molar-refractivity contribution in [1.29, 1.82) is 0 Å². The Labute approximate surface area is 133 Å². The summed E-state index contributed by atoms with van der Waals surface area (Å²) in [5, 5.41) is 2.61. The number of carbonyl (C=O) groups excluding carboxylic acids is 3. The Hall–Kier alpha value is -2.44. The highest BCUT2D eigenvalue weighted by Crippen LogP contribution is 2.09. The molecule has 1 aliphatic rings. The van der Waals surface area contributed by atoms with Gasteiger partial charge in [0.25, 0.3) is 5.91 Å². The number of amides is 2. The summed E-state index contributed by atoms with van der Waals surface area (Å²) >= 11 is 0. The van der Waals surface area contributed by atoms with Crippen LogP contribution in [0.15, 0.2) is 24.3 Å². The Bertz CT molecular complexity index is 588. The van der Waals surface area contributed by atoms with Crippen molar-refractivity contribution in [2.75, 3.05) is 13.1 Å². The van der Waals surface area contributed by atoms with E-state index >= 15 is 0 Å². The summed E-state index contributed by atoms with van der Waals surface area (Å²) < 4.78 is 17.8. The van der Waals surface area contributed by atoms with Crippen molar-refractivity contribution in [3.63, 3.8) is 0 Å². The van der Waals surface area contributed by atoms with E-state index in [1.165, 1.54) is 24.0 Å². The van der Waals surface area contributed by atoms with Gasteiger partial charge < -0.3 is 15.0 Å². The van der Waals surface area contributed by atoms with Crippen molar-refractivity contribution in [3.8, 4) is 0 Å². The number of nitrogens with one attached hydrogen (secondary N) is 1. The van der Waals surface area contributed by atoms with Crippen molar-refractivity contribution in [2.45, 2.75) is 32.4 Å². The fourth-order valence-corrected chi connectivity index (χ4v) is 2.25. The van der Waals surface area contributed by atoms with Crippen LogP contribution < -0.4 is 5.32 Å². The molecule has 0 spiro atoms. The lowest BCUT2D eigenvalue weighted by atomic mass is 10.2. The van der Waals surface area contributed by atoms with Crippen molar-refractivity contribution in [1.82, 2.24) is 10.2 Å². The lowest BCUT2D eigenvalue weighted by molar-refractivity contribution is -0.157. The van der Waals surface area contributed by atoms with E-state index in [2.05, 4.69) is 5.32 Å². The van der Waals surface area contributed by atoms with Gasteiger partial charge in [-0.3, -0.25) is 14.4 Å². The number of esters is 1. The van der Waals surface area contributed by atoms with E-state index in [-0.39, 0.29) is 24.8 Å². The van der Waals surface area contributed by atoms with Crippen LogP contribution in [0, 0.1) is 5.82 Å². The van der Waals surface area contributed by atoms with Gasteiger partial charge in [0, 0.05) is 19.5 Å². The van der Waals surface area contributed by atoms with Gasteiger partial charge in [-0.2, -0.15) is 0 Å². The van der Waals surface area contributed by atoms with Crippen molar-refractivity contribution in [2.24, 2.45) is 0 Å². The molecular weight excluding hydrogens is 303 g/mol. The molecule has 6 nitrogen and oxygen atoms in total. The van der Waals surface area contributed by atoms with E-state index in [1.807, 2.05) is 0 Å². The Kier molecular flexibility index (Phi) is 5.67. The highest BCUT2D eigenvalue weighted by Gasteiger charge is 2.25. The minimum Gasteiger partial charge on any atom is -0.451 e. The average Bonchev–Trinajstić information content (AvgIpc) is 2.91. The monoisotopic (exact) mass is 322 g/mol. The van der Waals surface area contributed by atoms with Crippen LogP contribution >= 0.6 is 0 Å². The molecule has 23 heavy (non-hydrogen) atoms. The van der Waals surface area contributed by atoms with Crippen molar-refractivity contribution < 1.29 is 23.5 Å². The Balaban J connectivity index is 1.74. The number of halogens is 1. The number of carbonyl (C=O) groups is 3. The van der Waals surface area contributed by atoms with Crippen LogP contribution in [0.5, 0.6) is 0 Å². The van der Waals surface area contributed by atoms with Crippen LogP contribution in [0.4, 0.5) is 4.39 Å². The molecule has 0 unspecified atom stereocenters. The minimum absolute atomic E-state index is 0.0737. The molecule has 1 fully saturated rings. The van der Waals surface area contributed by atoms with E-state index in [1.54, 1.807) is 12.1 Å². The second-order valence-corrected chi connectivity index (χ2v) is 5.40. The molecule has 1 aromatic rings. The number of ether oxygens (including phenoxy) is 1. The van der Waals surface area contributed by atoms with Gasteiger partial charge in [0.2, 0.25) is 5.91 Å². The number of nitrogens with zero attached hydrogens (tertiary/aromatic N) is 1. The van der Waals surface area contributed by atoms with Gasteiger partial charge in [-0.15, -0.1) is 0 Å². The van der Waals surface area contributed by atoms with Crippen molar-refractivity contribution in [3.05, 3.63) is 35.6 Å². The summed E-state index contributed by atoms with van der Waals surface area (Å²) in [7, 11) is 0. The topological polar surface area (TPSA) is 75.7 Å². The predicted octanol–water partition coefficient (Wildman–Crippen LogP) is 0.996. The maximum Gasteiger partial charge on any atom is 0.326 e. The largest absolute Gasteiger partial charge is 0.451 e. The Morgan fingerprint density at radius 3 is 2.65 bits per heavy atom. The van der Waals surface area contributed by atoms with Crippen LogP contribution in [-0.2, 0) is 25.7 Å². The van der Waals surface area contributed by atoms with E-state index < -0.39 is 18.0 Å². The van der Waals surface area contributed by atoms with E-state index in [4.69, 9.17) is 4.74 Å². The third-order valence-electron chi connectivity index (χ3n) is 3.55. The maximum absolute atomic E-state index is 12.8. The molecule has 1 atom stereocenters. The van der Waals surface area contributed by atoms with Gasteiger partial charge in [0.15, 0.2) is 6.10 Å². The normalized spacial score (nSPS) is 15.4. The summed E-state index contributed by atoms with van der Waals surface area (Å²) in [5.74, 6) is -1.48. The van der Waals surface area contributed by atoms with Gasteiger partial charge in [0.1, 0.15) is 12.4 Å². The smallest absolute Gasteiger partial charge is 0.326 e. The fraction of sp³-hybridized carbons (Fsp3) is 0.438. The highest BCUT2D eigenvalue weighted by atomic mass is 19.1. The van der Waals surface area contributed by atoms with Gasteiger partial charge in [-0.25, -0.2) is 4.39 Å². The summed E-state index contributed by atoms with van der Waals surface area (Å²) in [6.07, 6.45) is 0.224. The number of hydrogen-bond donors (Lipinski definition) is 1. The molecule has 1 heterocycles. The molecule has 1 saturated heterocycles. The van der Waals surface area contributed by atoms with Gasteiger partial charge in [-0.05, 0) is 31.0 Å². The molecule has 0 aromatic heterocycles. The lowest BCUT2D eigenvalue weighted by Crippen LogP contribution is -2.38. The van der Waals surface area contributed by atoms with Crippen LogP contribution in [0.2, 0.25) is 0 Å². The number of rotatable bonds is 6. The molecule has 1 N–H and O–H groups in total. The number of hydrogen-bond acceptors (Lipinski definition) is 4. The van der Waals surface area contributed by atoms with Gasteiger partial charge >= 0.3 is 5.97 Å². The van der Waals surface area contributed by atoms with E-state index in [0.29, 0.717) is 13.0 Å². The zero-order valence-corrected chi connectivity index (χ0v) is 12.9.